The molecule has 1 heterocycles. The third kappa shape index (κ3) is 5.14. The molecule has 0 radical (unpaired) electrons. The number of carbonyl (C=O) groups excluding carboxylic acids is 1. The van der Waals surface area contributed by atoms with Crippen molar-refractivity contribution in [2.45, 2.75) is 26.3 Å². The van der Waals surface area contributed by atoms with Crippen molar-refractivity contribution in [3.8, 4) is 17.2 Å². The number of hydrogen-bond acceptors (Lipinski definition) is 5. The summed E-state index contributed by atoms with van der Waals surface area (Å²) in [4.78, 5) is 12.1. The van der Waals surface area contributed by atoms with Crippen LogP contribution >= 0.6 is 0 Å². The van der Waals surface area contributed by atoms with Crippen LogP contribution in [0.5, 0.6) is 17.2 Å². The highest BCUT2D eigenvalue weighted by atomic mass is 16.5. The topological polar surface area (TPSA) is 68.8 Å². The van der Waals surface area contributed by atoms with Crippen LogP contribution < -0.4 is 24.8 Å². The molecule has 1 amide bonds. The predicted octanol–water partition coefficient (Wildman–Crippen LogP) is 3.28. The Morgan fingerprint density at radius 2 is 1.89 bits per heavy atom. The molecule has 2 N–H and O–H groups in total. The number of rotatable bonds is 7. The highest BCUT2D eigenvalue weighted by molar-refractivity contribution is 5.91. The third-order valence-electron chi connectivity index (χ3n) is 4.41. The first-order valence-electron chi connectivity index (χ1n) is 9.20. The molecular formula is C21H26N2O4. The predicted molar refractivity (Wildman–Crippen MR) is 105 cm³/mol. The van der Waals surface area contributed by atoms with E-state index in [4.69, 9.17) is 14.2 Å². The standard InChI is InChI=1S/C21H26N2O4/c1-15-6-3-4-7-17(15)23-21(24)8-9-22-14-16-12-19-20(13-18(16)25-2)27-11-5-10-26-19/h3-4,6-7,12-13,22H,5,8-11,14H2,1-2H3,(H,23,24). The lowest BCUT2D eigenvalue weighted by Crippen LogP contribution is -2.22. The molecule has 0 bridgehead atoms. The number of aryl methyl sites for hydroxylation is 1. The second-order valence-electron chi connectivity index (χ2n) is 6.45. The highest BCUT2D eigenvalue weighted by Crippen LogP contribution is 2.36. The molecule has 0 aromatic heterocycles. The van der Waals surface area contributed by atoms with E-state index < -0.39 is 0 Å². The normalized spacial score (nSPS) is 13.0. The quantitative estimate of drug-likeness (QED) is 0.732. The Hall–Kier alpha value is -2.73. The van der Waals surface area contributed by atoms with Crippen LogP contribution in [0.3, 0.4) is 0 Å². The molecule has 6 heteroatoms. The summed E-state index contributed by atoms with van der Waals surface area (Å²) in [6, 6.07) is 11.6. The van der Waals surface area contributed by atoms with Crippen molar-refractivity contribution in [2.75, 3.05) is 32.2 Å². The van der Waals surface area contributed by atoms with Gasteiger partial charge in [0.1, 0.15) is 5.75 Å². The number of benzene rings is 2. The van der Waals surface area contributed by atoms with E-state index in [2.05, 4.69) is 10.6 Å². The van der Waals surface area contributed by atoms with Gasteiger partial charge in [-0.3, -0.25) is 4.79 Å². The Labute approximate surface area is 159 Å². The summed E-state index contributed by atoms with van der Waals surface area (Å²) >= 11 is 0. The van der Waals surface area contributed by atoms with Crippen LogP contribution in [0.25, 0.3) is 0 Å². The second-order valence-corrected chi connectivity index (χ2v) is 6.45. The Morgan fingerprint density at radius 1 is 1.15 bits per heavy atom. The summed E-state index contributed by atoms with van der Waals surface area (Å²) in [5, 5.41) is 6.23. The zero-order valence-corrected chi connectivity index (χ0v) is 15.8. The summed E-state index contributed by atoms with van der Waals surface area (Å²) < 4.78 is 16.9. The maximum atomic E-state index is 12.1. The van der Waals surface area contributed by atoms with Gasteiger partial charge in [0.15, 0.2) is 11.5 Å². The van der Waals surface area contributed by atoms with Crippen molar-refractivity contribution in [1.82, 2.24) is 5.32 Å². The first-order chi connectivity index (χ1) is 13.2. The van der Waals surface area contributed by atoms with Crippen molar-refractivity contribution < 1.29 is 19.0 Å². The fourth-order valence-corrected chi connectivity index (χ4v) is 2.91. The SMILES string of the molecule is COc1cc2c(cc1CNCCC(=O)Nc1ccccc1C)OCCCO2. The molecule has 0 saturated carbocycles. The molecule has 0 unspecified atom stereocenters. The van der Waals surface area contributed by atoms with Crippen LogP contribution in [0, 0.1) is 6.92 Å². The summed E-state index contributed by atoms with van der Waals surface area (Å²) in [7, 11) is 1.64. The van der Waals surface area contributed by atoms with Gasteiger partial charge in [-0.25, -0.2) is 0 Å². The summed E-state index contributed by atoms with van der Waals surface area (Å²) in [6.07, 6.45) is 1.25. The molecule has 6 nitrogen and oxygen atoms in total. The maximum absolute atomic E-state index is 12.1. The number of amides is 1. The molecule has 0 fully saturated rings. The van der Waals surface area contributed by atoms with Crippen molar-refractivity contribution in [2.24, 2.45) is 0 Å². The lowest BCUT2D eigenvalue weighted by atomic mass is 10.1. The van der Waals surface area contributed by atoms with Gasteiger partial charge in [0.05, 0.1) is 20.3 Å². The van der Waals surface area contributed by atoms with Crippen molar-refractivity contribution in [3.05, 3.63) is 47.5 Å². The average molecular weight is 370 g/mol. The van der Waals surface area contributed by atoms with Gasteiger partial charge in [-0.05, 0) is 24.6 Å². The van der Waals surface area contributed by atoms with Crippen molar-refractivity contribution in [3.63, 3.8) is 0 Å². The van der Waals surface area contributed by atoms with E-state index in [0.29, 0.717) is 38.5 Å². The molecule has 3 rings (SSSR count). The van der Waals surface area contributed by atoms with Gasteiger partial charge in [-0.15, -0.1) is 0 Å². The van der Waals surface area contributed by atoms with Gasteiger partial charge in [0.2, 0.25) is 5.91 Å². The number of fused-ring (bicyclic) bond motifs is 1. The molecule has 0 aliphatic carbocycles. The smallest absolute Gasteiger partial charge is 0.225 e. The van der Waals surface area contributed by atoms with E-state index in [9.17, 15) is 4.79 Å². The highest BCUT2D eigenvalue weighted by Gasteiger charge is 2.15. The lowest BCUT2D eigenvalue weighted by Gasteiger charge is -2.14. The zero-order chi connectivity index (χ0) is 19.1. The van der Waals surface area contributed by atoms with E-state index in [1.165, 1.54) is 0 Å². The fourth-order valence-electron chi connectivity index (χ4n) is 2.91. The Balaban J connectivity index is 1.52. The van der Waals surface area contributed by atoms with E-state index in [0.717, 1.165) is 34.7 Å². The molecule has 0 atom stereocenters. The van der Waals surface area contributed by atoms with Crippen LogP contribution in [0.15, 0.2) is 36.4 Å². The molecular weight excluding hydrogens is 344 g/mol. The number of hydrogen-bond donors (Lipinski definition) is 2. The molecule has 0 saturated heterocycles. The lowest BCUT2D eigenvalue weighted by molar-refractivity contribution is -0.116. The number of para-hydroxylation sites is 1. The van der Waals surface area contributed by atoms with E-state index in [1.807, 2.05) is 43.3 Å². The zero-order valence-electron chi connectivity index (χ0n) is 15.8. The second kappa shape index (κ2) is 9.28. The fraction of sp³-hybridized carbons (Fsp3) is 0.381. The largest absolute Gasteiger partial charge is 0.496 e. The van der Waals surface area contributed by atoms with Gasteiger partial charge < -0.3 is 24.8 Å². The number of nitrogens with one attached hydrogen (secondary N) is 2. The molecule has 1 aliphatic heterocycles. The van der Waals surface area contributed by atoms with Crippen LogP contribution in [-0.2, 0) is 11.3 Å². The van der Waals surface area contributed by atoms with Crippen molar-refractivity contribution >= 4 is 11.6 Å². The molecule has 1 aliphatic rings. The van der Waals surface area contributed by atoms with E-state index in [-0.39, 0.29) is 5.91 Å². The first kappa shape index (κ1) is 19.0. The van der Waals surface area contributed by atoms with E-state index >= 15 is 0 Å². The minimum atomic E-state index is -0.0116. The molecule has 27 heavy (non-hydrogen) atoms. The Morgan fingerprint density at radius 3 is 2.63 bits per heavy atom. The van der Waals surface area contributed by atoms with Crippen LogP contribution in [0.4, 0.5) is 5.69 Å². The van der Waals surface area contributed by atoms with Gasteiger partial charge in [-0.2, -0.15) is 0 Å². The van der Waals surface area contributed by atoms with Gasteiger partial charge in [0, 0.05) is 43.2 Å². The summed E-state index contributed by atoms with van der Waals surface area (Å²) in [6.45, 7) is 4.41. The molecule has 2 aromatic carbocycles. The summed E-state index contributed by atoms with van der Waals surface area (Å²) in [5.41, 5.74) is 2.88. The number of ether oxygens (including phenoxy) is 3. The van der Waals surface area contributed by atoms with Crippen LogP contribution in [0.1, 0.15) is 24.0 Å². The van der Waals surface area contributed by atoms with Gasteiger partial charge in [0.25, 0.3) is 0 Å². The Bertz CT molecular complexity index is 792. The van der Waals surface area contributed by atoms with Gasteiger partial charge >= 0.3 is 0 Å². The minimum absolute atomic E-state index is 0.0116. The number of methoxy groups -OCH3 is 1. The number of anilines is 1. The first-order valence-corrected chi connectivity index (χ1v) is 9.20. The molecule has 144 valence electrons. The maximum Gasteiger partial charge on any atom is 0.225 e. The third-order valence-corrected chi connectivity index (χ3v) is 4.41. The van der Waals surface area contributed by atoms with Crippen LogP contribution in [-0.4, -0.2) is 32.8 Å². The number of carbonyl (C=O) groups is 1. The van der Waals surface area contributed by atoms with Crippen molar-refractivity contribution in [1.29, 1.82) is 0 Å². The minimum Gasteiger partial charge on any atom is -0.496 e. The van der Waals surface area contributed by atoms with Crippen LogP contribution in [0.2, 0.25) is 0 Å². The molecule has 2 aromatic rings. The Kier molecular flexibility index (Phi) is 6.54. The summed E-state index contributed by atoms with van der Waals surface area (Å²) in [5.74, 6) is 2.19. The molecule has 0 spiro atoms. The van der Waals surface area contributed by atoms with E-state index in [1.54, 1.807) is 7.11 Å². The monoisotopic (exact) mass is 370 g/mol. The average Bonchev–Trinajstić information content (AvgIpc) is 2.91. The van der Waals surface area contributed by atoms with Gasteiger partial charge in [-0.1, -0.05) is 18.2 Å².